The van der Waals surface area contributed by atoms with E-state index in [4.69, 9.17) is 0 Å². The lowest BCUT2D eigenvalue weighted by molar-refractivity contribution is -0.134. The maximum Gasteiger partial charge on any atom is 0.238 e. The number of nitrogens with zero attached hydrogens (tertiary/aromatic N) is 1. The molecule has 2 aromatic rings. The molecule has 2 fully saturated rings. The Kier molecular flexibility index (Phi) is 3.75. The van der Waals surface area contributed by atoms with Crippen LogP contribution in [0.3, 0.4) is 0 Å². The number of ketones is 1. The van der Waals surface area contributed by atoms with Crippen molar-refractivity contribution in [2.24, 2.45) is 17.8 Å². The molecular weight excluding hydrogens is 314 g/mol. The molecule has 1 aliphatic heterocycles. The summed E-state index contributed by atoms with van der Waals surface area (Å²) >= 11 is 0. The second kappa shape index (κ2) is 5.96. The largest absolute Gasteiger partial charge is 0.299 e. The van der Waals surface area contributed by atoms with Crippen molar-refractivity contribution in [3.05, 3.63) is 66.2 Å². The van der Waals surface area contributed by atoms with Crippen molar-refractivity contribution in [2.45, 2.75) is 19.3 Å². The monoisotopic (exact) mass is 333 g/mol. The van der Waals surface area contributed by atoms with Crippen LogP contribution in [0.2, 0.25) is 0 Å². The van der Waals surface area contributed by atoms with Gasteiger partial charge in [0.25, 0.3) is 0 Å². The summed E-state index contributed by atoms with van der Waals surface area (Å²) in [6.07, 6.45) is 0.156. The maximum atomic E-state index is 13.2. The molecule has 0 unspecified atom stereocenters. The predicted molar refractivity (Wildman–Crippen MR) is 93.9 cm³/mol. The number of carbonyl (C=O) groups is 3. The highest BCUT2D eigenvalue weighted by Crippen LogP contribution is 2.48. The summed E-state index contributed by atoms with van der Waals surface area (Å²) in [6.45, 7) is 1.87. The van der Waals surface area contributed by atoms with E-state index in [0.29, 0.717) is 5.69 Å². The van der Waals surface area contributed by atoms with Gasteiger partial charge in [0.05, 0.1) is 17.5 Å². The predicted octanol–water partition coefficient (Wildman–Crippen LogP) is 3.18. The van der Waals surface area contributed by atoms with Gasteiger partial charge in [-0.15, -0.1) is 0 Å². The molecule has 1 aliphatic carbocycles. The van der Waals surface area contributed by atoms with Crippen LogP contribution in [0.25, 0.3) is 0 Å². The standard InChI is InChI=1S/C21H19NO3/c1-13-17(23)12-16-19(18(13)14-8-4-2-5-9-14)21(25)22(20(16)24)15-10-6-3-7-11-15/h2-11,13,16,18-19H,12H2,1H3/t13-,16+,18+,19-/m1/s1. The molecule has 4 rings (SSSR count). The molecular formula is C21H19NO3. The summed E-state index contributed by atoms with van der Waals surface area (Å²) in [7, 11) is 0. The van der Waals surface area contributed by atoms with Crippen molar-refractivity contribution in [3.63, 3.8) is 0 Å². The maximum absolute atomic E-state index is 13.2. The summed E-state index contributed by atoms with van der Waals surface area (Å²) in [6, 6.07) is 18.6. The van der Waals surface area contributed by atoms with Crippen LogP contribution in [0.1, 0.15) is 24.8 Å². The number of carbonyl (C=O) groups excluding carboxylic acids is 3. The van der Waals surface area contributed by atoms with Gasteiger partial charge in [-0.2, -0.15) is 0 Å². The van der Waals surface area contributed by atoms with Crippen LogP contribution in [0.5, 0.6) is 0 Å². The topological polar surface area (TPSA) is 54.5 Å². The highest BCUT2D eigenvalue weighted by atomic mass is 16.2. The van der Waals surface area contributed by atoms with Gasteiger partial charge in [0.1, 0.15) is 5.78 Å². The van der Waals surface area contributed by atoms with Crippen molar-refractivity contribution < 1.29 is 14.4 Å². The van der Waals surface area contributed by atoms with Gasteiger partial charge < -0.3 is 0 Å². The van der Waals surface area contributed by atoms with Crippen LogP contribution in [0.4, 0.5) is 5.69 Å². The fraction of sp³-hybridized carbons (Fsp3) is 0.286. The van der Waals surface area contributed by atoms with Gasteiger partial charge in [0.2, 0.25) is 11.8 Å². The molecule has 4 atom stereocenters. The van der Waals surface area contributed by atoms with E-state index in [-0.39, 0.29) is 35.9 Å². The van der Waals surface area contributed by atoms with Crippen LogP contribution >= 0.6 is 0 Å². The minimum absolute atomic E-state index is 0.0613. The van der Waals surface area contributed by atoms with Crippen LogP contribution in [0, 0.1) is 17.8 Å². The third kappa shape index (κ3) is 2.40. The van der Waals surface area contributed by atoms with E-state index >= 15 is 0 Å². The zero-order valence-electron chi connectivity index (χ0n) is 14.0. The molecule has 0 spiro atoms. The number of hydrogen-bond acceptors (Lipinski definition) is 3. The molecule has 2 aromatic carbocycles. The first-order valence-corrected chi connectivity index (χ1v) is 8.60. The Balaban J connectivity index is 1.79. The number of amides is 2. The van der Waals surface area contributed by atoms with E-state index in [2.05, 4.69) is 0 Å². The zero-order chi connectivity index (χ0) is 17.6. The summed E-state index contributed by atoms with van der Waals surface area (Å²) < 4.78 is 0. The van der Waals surface area contributed by atoms with Gasteiger partial charge in [0.15, 0.2) is 0 Å². The van der Waals surface area contributed by atoms with Crippen molar-refractivity contribution in [1.82, 2.24) is 0 Å². The number of para-hydroxylation sites is 1. The number of hydrogen-bond donors (Lipinski definition) is 0. The average Bonchev–Trinajstić information content (AvgIpc) is 2.88. The fourth-order valence-corrected chi connectivity index (χ4v) is 4.28. The van der Waals surface area contributed by atoms with Crippen LogP contribution in [0.15, 0.2) is 60.7 Å². The molecule has 0 aromatic heterocycles. The molecule has 4 heteroatoms. The molecule has 0 bridgehead atoms. The zero-order valence-corrected chi connectivity index (χ0v) is 14.0. The van der Waals surface area contributed by atoms with Gasteiger partial charge in [-0.1, -0.05) is 55.5 Å². The third-order valence-corrected chi connectivity index (χ3v) is 5.53. The van der Waals surface area contributed by atoms with Gasteiger partial charge in [-0.3, -0.25) is 19.3 Å². The smallest absolute Gasteiger partial charge is 0.238 e. The Hall–Kier alpha value is -2.75. The van der Waals surface area contributed by atoms with E-state index in [1.165, 1.54) is 4.90 Å². The lowest BCUT2D eigenvalue weighted by Crippen LogP contribution is -2.39. The third-order valence-electron chi connectivity index (χ3n) is 5.53. The van der Waals surface area contributed by atoms with E-state index < -0.39 is 11.8 Å². The molecule has 2 amide bonds. The highest BCUT2D eigenvalue weighted by molar-refractivity contribution is 6.23. The molecule has 126 valence electrons. The molecule has 0 radical (unpaired) electrons. The van der Waals surface area contributed by atoms with Crippen molar-refractivity contribution in [2.75, 3.05) is 4.90 Å². The van der Waals surface area contributed by atoms with E-state index in [9.17, 15) is 14.4 Å². The average molecular weight is 333 g/mol. The molecule has 1 saturated heterocycles. The summed E-state index contributed by atoms with van der Waals surface area (Å²) in [5.41, 5.74) is 1.54. The molecule has 2 aliphatic rings. The first-order valence-electron chi connectivity index (χ1n) is 8.60. The fourth-order valence-electron chi connectivity index (χ4n) is 4.28. The van der Waals surface area contributed by atoms with Gasteiger partial charge in [-0.25, -0.2) is 0 Å². The first-order chi connectivity index (χ1) is 12.1. The number of Topliss-reactive ketones (excluding diaryl/α,β-unsaturated/α-hetero) is 1. The van der Waals surface area contributed by atoms with E-state index in [1.54, 1.807) is 24.3 Å². The lowest BCUT2D eigenvalue weighted by atomic mass is 9.65. The Labute approximate surface area is 146 Å². The Morgan fingerprint density at radius 2 is 1.40 bits per heavy atom. The molecule has 4 nitrogen and oxygen atoms in total. The van der Waals surface area contributed by atoms with Gasteiger partial charge in [-0.05, 0) is 17.7 Å². The quantitative estimate of drug-likeness (QED) is 0.793. The van der Waals surface area contributed by atoms with Gasteiger partial charge in [0, 0.05) is 18.3 Å². The van der Waals surface area contributed by atoms with Crippen molar-refractivity contribution >= 4 is 23.3 Å². The second-order valence-electron chi connectivity index (χ2n) is 6.88. The molecule has 1 saturated carbocycles. The number of rotatable bonds is 2. The Morgan fingerprint density at radius 3 is 2.04 bits per heavy atom. The first kappa shape index (κ1) is 15.8. The normalized spacial score (nSPS) is 29.0. The van der Waals surface area contributed by atoms with Crippen LogP contribution < -0.4 is 4.90 Å². The SMILES string of the molecule is C[C@@H]1C(=O)C[C@@H]2C(=O)N(c3ccccc3)C(=O)[C@H]2[C@@H]1c1ccccc1. The van der Waals surface area contributed by atoms with Crippen LogP contribution in [-0.4, -0.2) is 17.6 Å². The molecule has 0 N–H and O–H groups in total. The number of benzene rings is 2. The second-order valence-corrected chi connectivity index (χ2v) is 6.88. The minimum Gasteiger partial charge on any atom is -0.299 e. The number of anilines is 1. The van der Waals surface area contributed by atoms with Gasteiger partial charge >= 0.3 is 0 Å². The number of fused-ring (bicyclic) bond motifs is 1. The number of imide groups is 1. The van der Waals surface area contributed by atoms with E-state index in [1.807, 2.05) is 43.3 Å². The summed E-state index contributed by atoms with van der Waals surface area (Å²) in [5, 5.41) is 0. The van der Waals surface area contributed by atoms with Crippen molar-refractivity contribution in [1.29, 1.82) is 0 Å². The Morgan fingerprint density at radius 1 is 0.800 bits per heavy atom. The van der Waals surface area contributed by atoms with E-state index in [0.717, 1.165) is 5.56 Å². The molecule has 25 heavy (non-hydrogen) atoms. The molecule has 1 heterocycles. The minimum atomic E-state index is -0.554. The van der Waals surface area contributed by atoms with Crippen molar-refractivity contribution in [3.8, 4) is 0 Å². The summed E-state index contributed by atoms with van der Waals surface area (Å²) in [5.74, 6) is -1.92. The van der Waals surface area contributed by atoms with Crippen LogP contribution in [-0.2, 0) is 14.4 Å². The Bertz CT molecular complexity index is 831. The lowest BCUT2D eigenvalue weighted by Gasteiger charge is -2.35. The highest BCUT2D eigenvalue weighted by Gasteiger charge is 2.57. The summed E-state index contributed by atoms with van der Waals surface area (Å²) in [4.78, 5) is 39.9.